The van der Waals surface area contributed by atoms with Gasteiger partial charge in [-0.1, -0.05) is 35.3 Å². The van der Waals surface area contributed by atoms with Crippen LogP contribution in [0, 0.1) is 0 Å². The number of carbonyl (C=O) groups is 4. The van der Waals surface area contributed by atoms with Crippen LogP contribution in [-0.2, 0) is 32.2 Å². The molecule has 2 aliphatic heterocycles. The van der Waals surface area contributed by atoms with Gasteiger partial charge in [0.1, 0.15) is 13.9 Å². The highest BCUT2D eigenvalue weighted by Crippen LogP contribution is 2.35. The summed E-state index contributed by atoms with van der Waals surface area (Å²) in [5.41, 5.74) is -0.665. The van der Waals surface area contributed by atoms with Gasteiger partial charge in [0.15, 0.2) is 0 Å². The third kappa shape index (κ3) is 4.23. The quantitative estimate of drug-likeness (QED) is 0.464. The monoisotopic (exact) mass is 501 g/mol. The maximum Gasteiger partial charge on any atom is 0.348 e. The molecule has 36 heavy (non-hydrogen) atoms. The minimum absolute atomic E-state index is 0.0194. The average molecular weight is 501 g/mol. The number of hydrogen-bond acceptors (Lipinski definition) is 4. The van der Waals surface area contributed by atoms with Crippen molar-refractivity contribution in [3.05, 3.63) is 63.7 Å². The molecule has 2 aliphatic rings. The highest BCUT2D eigenvalue weighted by molar-refractivity contribution is 6.46. The molecule has 0 spiro atoms. The summed E-state index contributed by atoms with van der Waals surface area (Å²) in [6, 6.07) is 5.88. The molecule has 0 aliphatic carbocycles. The van der Waals surface area contributed by atoms with E-state index in [1.54, 1.807) is 0 Å². The van der Waals surface area contributed by atoms with Gasteiger partial charge in [0.05, 0.1) is 15.7 Å². The standard InChI is InChI=1S/C22H14B4ClF2N3O4/c23-17-13-9-31(15-7-8-16(33)30-18(15)34)19(35)12(13)5-6-14(17)22(24,25)32(26)20(36)21(28,29)10-1-3-11(27)4-2-10/h1-6,15H,7-9H2,(H,30,33,34). The van der Waals surface area contributed by atoms with Crippen LogP contribution in [0.15, 0.2) is 36.4 Å². The minimum atomic E-state index is -4.10. The first-order valence-electron chi connectivity index (χ1n) is 10.6. The predicted octanol–water partition coefficient (Wildman–Crippen LogP) is 0.0462. The third-order valence-corrected chi connectivity index (χ3v) is 6.54. The number of piperidine rings is 1. The maximum atomic E-state index is 14.9. The van der Waals surface area contributed by atoms with Gasteiger partial charge >= 0.3 is 5.92 Å². The number of fused-ring (bicyclic) bond motifs is 1. The van der Waals surface area contributed by atoms with Gasteiger partial charge in [-0.05, 0) is 41.1 Å². The number of nitrogens with zero attached hydrogens (tertiary/aromatic N) is 2. The van der Waals surface area contributed by atoms with E-state index in [2.05, 4.69) is 5.32 Å². The van der Waals surface area contributed by atoms with Gasteiger partial charge in [0.25, 0.3) is 11.8 Å². The van der Waals surface area contributed by atoms with E-state index in [9.17, 15) is 28.0 Å². The van der Waals surface area contributed by atoms with Crippen molar-refractivity contribution in [2.24, 2.45) is 0 Å². The van der Waals surface area contributed by atoms with Crippen LogP contribution >= 0.6 is 11.6 Å². The molecular formula is C22H14B4ClF2N3O4. The Labute approximate surface area is 215 Å². The first-order chi connectivity index (χ1) is 16.8. The fourth-order valence-corrected chi connectivity index (χ4v) is 4.37. The van der Waals surface area contributed by atoms with Crippen molar-refractivity contribution in [3.8, 4) is 0 Å². The van der Waals surface area contributed by atoms with Crippen molar-refractivity contribution in [3.63, 3.8) is 0 Å². The van der Waals surface area contributed by atoms with Crippen molar-refractivity contribution in [2.75, 3.05) is 0 Å². The Kier molecular flexibility index (Phi) is 6.58. The number of imide groups is 1. The van der Waals surface area contributed by atoms with Gasteiger partial charge in [-0.2, -0.15) is 8.78 Å². The lowest BCUT2D eigenvalue weighted by Crippen LogP contribution is -2.55. The topological polar surface area (TPSA) is 86.8 Å². The summed E-state index contributed by atoms with van der Waals surface area (Å²) in [4.78, 5) is 50.5. The molecular weight excluding hydrogens is 487 g/mol. The normalized spacial score (nSPS) is 18.1. The van der Waals surface area contributed by atoms with Gasteiger partial charge in [0.2, 0.25) is 19.8 Å². The summed E-state index contributed by atoms with van der Waals surface area (Å²) < 4.78 is 29.8. The van der Waals surface area contributed by atoms with Gasteiger partial charge < -0.3 is 9.71 Å². The number of nitrogens with one attached hydrogen (secondary N) is 1. The molecule has 1 N–H and O–H groups in total. The summed E-state index contributed by atoms with van der Waals surface area (Å²) in [5.74, 6) is -7.60. The molecule has 14 heteroatoms. The summed E-state index contributed by atoms with van der Waals surface area (Å²) in [7, 11) is 24.0. The SMILES string of the molecule is [B]c1c(C([B])([B])N([B])C(=O)C(F)(F)c2ccc(Cl)cc2)ccc2c1CN(C1CCC(=O)NC1=O)C2=O. The lowest BCUT2D eigenvalue weighted by atomic mass is 9.53. The zero-order valence-corrected chi connectivity index (χ0v) is 19.4. The lowest BCUT2D eigenvalue weighted by molar-refractivity contribution is -0.155. The van der Waals surface area contributed by atoms with Crippen LogP contribution in [-0.4, -0.2) is 70.9 Å². The Bertz CT molecular complexity index is 1290. The van der Waals surface area contributed by atoms with Crippen LogP contribution in [0.4, 0.5) is 8.78 Å². The van der Waals surface area contributed by atoms with Crippen molar-refractivity contribution >= 4 is 72.2 Å². The van der Waals surface area contributed by atoms with E-state index in [-0.39, 0.29) is 51.4 Å². The van der Waals surface area contributed by atoms with E-state index in [1.165, 1.54) is 29.2 Å². The van der Waals surface area contributed by atoms with Gasteiger partial charge in [0, 0.05) is 29.1 Å². The number of halogens is 3. The Balaban J connectivity index is 1.63. The second-order valence-electron chi connectivity index (χ2n) is 8.53. The van der Waals surface area contributed by atoms with Crippen molar-refractivity contribution in [1.29, 1.82) is 0 Å². The predicted molar refractivity (Wildman–Crippen MR) is 129 cm³/mol. The van der Waals surface area contributed by atoms with E-state index in [1.807, 2.05) is 0 Å². The molecule has 4 amide bonds. The summed E-state index contributed by atoms with van der Waals surface area (Å²) in [5, 5.41) is -0.137. The second-order valence-corrected chi connectivity index (χ2v) is 8.97. The maximum absolute atomic E-state index is 14.9. The second kappa shape index (κ2) is 9.10. The number of benzene rings is 2. The van der Waals surface area contributed by atoms with E-state index in [0.29, 0.717) is 0 Å². The van der Waals surface area contributed by atoms with E-state index in [4.69, 9.17) is 43.1 Å². The largest absolute Gasteiger partial charge is 0.398 e. The molecule has 2 heterocycles. The molecule has 174 valence electrons. The molecule has 1 atom stereocenters. The van der Waals surface area contributed by atoms with Gasteiger partial charge in [-0.3, -0.25) is 24.5 Å². The molecule has 0 saturated carbocycles. The summed E-state index contributed by atoms with van der Waals surface area (Å²) in [6.45, 7) is -0.129. The van der Waals surface area contributed by atoms with Crippen molar-refractivity contribution < 1.29 is 28.0 Å². The van der Waals surface area contributed by atoms with Crippen LogP contribution in [0.3, 0.4) is 0 Å². The van der Waals surface area contributed by atoms with Crippen LogP contribution in [0.1, 0.15) is 39.9 Å². The highest BCUT2D eigenvalue weighted by atomic mass is 35.5. The molecule has 2 aromatic rings. The molecule has 1 unspecified atom stereocenters. The van der Waals surface area contributed by atoms with Crippen molar-refractivity contribution in [2.45, 2.75) is 36.7 Å². The summed E-state index contributed by atoms with van der Waals surface area (Å²) in [6.07, 6.45) is 0.178. The molecule has 7 nitrogen and oxygen atoms in total. The first-order valence-corrected chi connectivity index (χ1v) is 11.0. The zero-order valence-electron chi connectivity index (χ0n) is 18.6. The Morgan fingerprint density at radius 1 is 1.11 bits per heavy atom. The Morgan fingerprint density at radius 3 is 2.36 bits per heavy atom. The molecule has 2 aromatic carbocycles. The third-order valence-electron chi connectivity index (χ3n) is 6.29. The molecule has 0 bridgehead atoms. The minimum Gasteiger partial charge on any atom is -0.398 e. The zero-order chi connectivity index (χ0) is 26.6. The Hall–Kier alpha value is -3.07. The number of amides is 4. The van der Waals surface area contributed by atoms with Crippen LogP contribution in [0.2, 0.25) is 5.02 Å². The first kappa shape index (κ1) is 26.0. The number of hydrogen-bond donors (Lipinski definition) is 1. The van der Waals surface area contributed by atoms with Gasteiger partial charge in [-0.15, -0.1) is 0 Å². The van der Waals surface area contributed by atoms with E-state index in [0.717, 1.165) is 12.1 Å². The lowest BCUT2D eigenvalue weighted by Gasteiger charge is -2.41. The smallest absolute Gasteiger partial charge is 0.348 e. The van der Waals surface area contributed by atoms with E-state index < -0.39 is 46.5 Å². The summed E-state index contributed by atoms with van der Waals surface area (Å²) >= 11 is 5.72. The van der Waals surface area contributed by atoms with Crippen LogP contribution in [0.25, 0.3) is 0 Å². The fraction of sp³-hybridized carbons (Fsp3) is 0.273. The average Bonchev–Trinajstić information content (AvgIpc) is 3.15. The number of rotatable bonds is 5. The molecule has 8 radical (unpaired) electrons. The highest BCUT2D eigenvalue weighted by Gasteiger charge is 2.47. The van der Waals surface area contributed by atoms with Gasteiger partial charge in [-0.25, -0.2) is 0 Å². The van der Waals surface area contributed by atoms with Crippen LogP contribution in [0.5, 0.6) is 0 Å². The van der Waals surface area contributed by atoms with Crippen LogP contribution < -0.4 is 10.8 Å². The molecule has 0 aromatic heterocycles. The molecule has 1 fully saturated rings. The van der Waals surface area contributed by atoms with Crippen molar-refractivity contribution in [1.82, 2.24) is 15.0 Å². The number of carbonyl (C=O) groups excluding carboxylic acids is 4. The van der Waals surface area contributed by atoms with E-state index >= 15 is 0 Å². The molecule has 4 rings (SSSR count). The Morgan fingerprint density at radius 2 is 1.75 bits per heavy atom. The number of alkyl halides is 2. The molecule has 1 saturated heterocycles. The fourth-order valence-electron chi connectivity index (χ4n) is 4.24.